The average molecular weight is 375 g/mol. The molecule has 2 saturated heterocycles. The summed E-state index contributed by atoms with van der Waals surface area (Å²) in [5.74, 6) is 0.849. The Morgan fingerprint density at radius 2 is 2.31 bits per heavy atom. The summed E-state index contributed by atoms with van der Waals surface area (Å²) in [6, 6.07) is 0. The Labute approximate surface area is 157 Å². The zero-order valence-corrected chi connectivity index (χ0v) is 16.1. The number of imidazole rings is 1. The average Bonchev–Trinajstić information content (AvgIpc) is 3.29. The first-order valence-electron chi connectivity index (χ1n) is 9.08. The lowest BCUT2D eigenvalue weighted by Gasteiger charge is -2.50. The number of aryl methyl sites for hydroxylation is 2. The molecule has 1 atom stereocenters. The quantitative estimate of drug-likeness (QED) is 0.830. The second-order valence-electron chi connectivity index (χ2n) is 7.31. The normalized spacial score (nSPS) is 21.8. The van der Waals surface area contributed by atoms with E-state index in [9.17, 15) is 4.79 Å². The Morgan fingerprint density at radius 1 is 1.46 bits per heavy atom. The number of amides is 1. The summed E-state index contributed by atoms with van der Waals surface area (Å²) in [6.07, 6.45) is 5.44. The molecular formula is C18H25N5O2S. The van der Waals surface area contributed by atoms with Crippen LogP contribution in [-0.4, -0.2) is 57.2 Å². The van der Waals surface area contributed by atoms with Crippen LogP contribution in [0.15, 0.2) is 17.9 Å². The summed E-state index contributed by atoms with van der Waals surface area (Å²) < 4.78 is 7.87. The predicted molar refractivity (Wildman–Crippen MR) is 99.1 cm³/mol. The van der Waals surface area contributed by atoms with Gasteiger partial charge >= 0.3 is 0 Å². The molecule has 1 N–H and O–H groups in total. The van der Waals surface area contributed by atoms with Crippen LogP contribution in [-0.2, 0) is 18.3 Å². The summed E-state index contributed by atoms with van der Waals surface area (Å²) in [5.41, 5.74) is 3.03. The van der Waals surface area contributed by atoms with Crippen molar-refractivity contribution in [2.75, 3.05) is 26.2 Å². The summed E-state index contributed by atoms with van der Waals surface area (Å²) in [7, 11) is 1.83. The van der Waals surface area contributed by atoms with Crippen molar-refractivity contribution >= 4 is 17.2 Å². The molecule has 1 spiro atoms. The van der Waals surface area contributed by atoms with Gasteiger partial charge in [-0.05, 0) is 25.7 Å². The van der Waals surface area contributed by atoms with Crippen molar-refractivity contribution in [1.82, 2.24) is 24.8 Å². The number of aromatic nitrogens is 3. The first-order valence-corrected chi connectivity index (χ1v) is 9.96. The molecule has 0 bridgehead atoms. The number of carbonyl (C=O) groups is 1. The molecule has 1 amide bonds. The molecule has 0 aromatic carbocycles. The first-order chi connectivity index (χ1) is 12.6. The van der Waals surface area contributed by atoms with Gasteiger partial charge in [-0.15, -0.1) is 11.3 Å². The molecule has 0 saturated carbocycles. The van der Waals surface area contributed by atoms with E-state index in [2.05, 4.69) is 27.1 Å². The van der Waals surface area contributed by atoms with Gasteiger partial charge in [0, 0.05) is 57.1 Å². The molecule has 2 aliphatic rings. The van der Waals surface area contributed by atoms with E-state index in [1.54, 1.807) is 28.3 Å². The van der Waals surface area contributed by atoms with Gasteiger partial charge in [0.05, 0.1) is 16.8 Å². The molecule has 2 aromatic rings. The molecule has 8 heteroatoms. The number of hydrogen-bond donors (Lipinski definition) is 1. The van der Waals surface area contributed by atoms with Gasteiger partial charge in [-0.2, -0.15) is 0 Å². The van der Waals surface area contributed by atoms with E-state index in [0.717, 1.165) is 44.8 Å². The number of carbonyl (C=O) groups excluding carboxylic acids is 1. The molecular weight excluding hydrogens is 350 g/mol. The summed E-state index contributed by atoms with van der Waals surface area (Å²) in [6.45, 7) is 6.47. The molecule has 0 unspecified atom stereocenters. The SMILES string of the molecule is Cc1ncsc1CN1CC2(C1)OCC[C@@H]2CCNC(=O)c1nccn1C. The van der Waals surface area contributed by atoms with Crippen molar-refractivity contribution in [3.63, 3.8) is 0 Å². The lowest BCUT2D eigenvalue weighted by Crippen LogP contribution is -2.64. The summed E-state index contributed by atoms with van der Waals surface area (Å²) >= 11 is 1.73. The molecule has 0 aliphatic carbocycles. The molecule has 2 fully saturated rings. The number of hydrogen-bond acceptors (Lipinski definition) is 6. The van der Waals surface area contributed by atoms with Crippen LogP contribution in [0.3, 0.4) is 0 Å². The molecule has 7 nitrogen and oxygen atoms in total. The fourth-order valence-electron chi connectivity index (χ4n) is 4.07. The lowest BCUT2D eigenvalue weighted by molar-refractivity contribution is -0.136. The molecule has 4 rings (SSSR count). The van der Waals surface area contributed by atoms with Crippen LogP contribution in [0.1, 0.15) is 34.0 Å². The summed E-state index contributed by atoms with van der Waals surface area (Å²) in [4.78, 5) is 24.4. The minimum atomic E-state index is -0.110. The lowest BCUT2D eigenvalue weighted by atomic mass is 9.79. The van der Waals surface area contributed by atoms with Crippen LogP contribution in [0.4, 0.5) is 0 Å². The van der Waals surface area contributed by atoms with E-state index >= 15 is 0 Å². The number of likely N-dealkylation sites (tertiary alicyclic amines) is 1. The number of ether oxygens (including phenoxy) is 1. The van der Waals surface area contributed by atoms with Crippen LogP contribution < -0.4 is 5.32 Å². The Morgan fingerprint density at radius 3 is 3.00 bits per heavy atom. The molecule has 0 radical (unpaired) electrons. The van der Waals surface area contributed by atoms with Crippen molar-refractivity contribution in [1.29, 1.82) is 0 Å². The van der Waals surface area contributed by atoms with Gasteiger partial charge in [0.25, 0.3) is 5.91 Å². The maximum atomic E-state index is 12.2. The molecule has 2 aromatic heterocycles. The first kappa shape index (κ1) is 17.6. The fourth-order valence-corrected chi connectivity index (χ4v) is 4.89. The van der Waals surface area contributed by atoms with Gasteiger partial charge < -0.3 is 14.6 Å². The Bertz CT molecular complexity index is 780. The second-order valence-corrected chi connectivity index (χ2v) is 8.25. The number of thiazole rings is 1. The Balaban J connectivity index is 1.26. The third-order valence-corrected chi connectivity index (χ3v) is 6.52. The van der Waals surface area contributed by atoms with E-state index in [-0.39, 0.29) is 11.5 Å². The van der Waals surface area contributed by atoms with Crippen LogP contribution in [0.2, 0.25) is 0 Å². The third kappa shape index (κ3) is 3.28. The largest absolute Gasteiger partial charge is 0.372 e. The Hall–Kier alpha value is -1.77. The van der Waals surface area contributed by atoms with Gasteiger partial charge in [0.15, 0.2) is 5.82 Å². The van der Waals surface area contributed by atoms with Crippen LogP contribution in [0, 0.1) is 12.8 Å². The zero-order chi connectivity index (χ0) is 18.1. The maximum Gasteiger partial charge on any atom is 0.287 e. The van der Waals surface area contributed by atoms with Crippen molar-refractivity contribution in [3.05, 3.63) is 34.3 Å². The van der Waals surface area contributed by atoms with Gasteiger partial charge in [0.2, 0.25) is 0 Å². The fraction of sp³-hybridized carbons (Fsp3) is 0.611. The predicted octanol–water partition coefficient (Wildman–Crippen LogP) is 1.60. The highest BCUT2D eigenvalue weighted by molar-refractivity contribution is 7.09. The topological polar surface area (TPSA) is 72.3 Å². The van der Waals surface area contributed by atoms with Crippen molar-refractivity contribution < 1.29 is 9.53 Å². The van der Waals surface area contributed by atoms with Gasteiger partial charge in [0.1, 0.15) is 0 Å². The van der Waals surface area contributed by atoms with Gasteiger partial charge in [-0.3, -0.25) is 9.69 Å². The third-order valence-electron chi connectivity index (χ3n) is 5.60. The number of rotatable bonds is 6. The van der Waals surface area contributed by atoms with E-state index < -0.39 is 0 Å². The number of nitrogens with zero attached hydrogens (tertiary/aromatic N) is 4. The minimum absolute atomic E-state index is 0.0213. The number of nitrogens with one attached hydrogen (secondary N) is 1. The molecule has 26 heavy (non-hydrogen) atoms. The van der Waals surface area contributed by atoms with Crippen LogP contribution >= 0.6 is 11.3 Å². The van der Waals surface area contributed by atoms with Gasteiger partial charge in [-0.25, -0.2) is 9.97 Å². The molecule has 2 aliphatic heterocycles. The standard InChI is InChI=1S/C18H25N5O2S/c1-13-15(26-12-21-13)9-23-10-18(11-23)14(4-8-25-18)3-5-20-17(24)16-19-6-7-22(16)2/h6-7,12,14H,3-5,8-11H2,1-2H3,(H,20,24)/t14-/m0/s1. The smallest absolute Gasteiger partial charge is 0.287 e. The highest BCUT2D eigenvalue weighted by atomic mass is 32.1. The highest BCUT2D eigenvalue weighted by Crippen LogP contribution is 2.42. The van der Waals surface area contributed by atoms with E-state index in [4.69, 9.17) is 4.74 Å². The van der Waals surface area contributed by atoms with E-state index in [0.29, 0.717) is 18.3 Å². The van der Waals surface area contributed by atoms with E-state index in [1.807, 2.05) is 12.6 Å². The van der Waals surface area contributed by atoms with Crippen molar-refractivity contribution in [2.45, 2.75) is 31.9 Å². The van der Waals surface area contributed by atoms with Crippen LogP contribution in [0.5, 0.6) is 0 Å². The van der Waals surface area contributed by atoms with Crippen LogP contribution in [0.25, 0.3) is 0 Å². The zero-order valence-electron chi connectivity index (χ0n) is 15.3. The molecule has 140 valence electrons. The minimum Gasteiger partial charge on any atom is -0.372 e. The Kier molecular flexibility index (Phi) is 4.81. The van der Waals surface area contributed by atoms with Crippen molar-refractivity contribution in [2.24, 2.45) is 13.0 Å². The maximum absolute atomic E-state index is 12.2. The van der Waals surface area contributed by atoms with Crippen molar-refractivity contribution in [3.8, 4) is 0 Å². The van der Waals surface area contributed by atoms with Gasteiger partial charge in [-0.1, -0.05) is 0 Å². The monoisotopic (exact) mass is 375 g/mol. The second kappa shape index (κ2) is 7.09. The molecule has 4 heterocycles. The summed E-state index contributed by atoms with van der Waals surface area (Å²) in [5, 5.41) is 3.00. The highest BCUT2D eigenvalue weighted by Gasteiger charge is 2.52. The van der Waals surface area contributed by atoms with E-state index in [1.165, 1.54) is 4.88 Å².